The summed E-state index contributed by atoms with van der Waals surface area (Å²) in [5.41, 5.74) is 1.53. The van der Waals surface area contributed by atoms with Crippen molar-refractivity contribution in [3.05, 3.63) is 123 Å². The number of hydrogen-bond acceptors (Lipinski definition) is 4. The van der Waals surface area contributed by atoms with Crippen LogP contribution in [0.25, 0.3) is 5.69 Å². The fourth-order valence-electron chi connectivity index (χ4n) is 3.80. The molecule has 0 unspecified atom stereocenters. The summed E-state index contributed by atoms with van der Waals surface area (Å²) in [6.07, 6.45) is 0. The molecule has 0 aliphatic heterocycles. The van der Waals surface area contributed by atoms with E-state index >= 15 is 0 Å². The first-order valence-electron chi connectivity index (χ1n) is 11.4. The minimum Gasteiger partial charge on any atom is -0.333 e. The van der Waals surface area contributed by atoms with Crippen LogP contribution in [-0.2, 0) is 0 Å². The maximum Gasteiger partial charge on any atom is 0.278 e. The average molecular weight is 485 g/mol. The number of aryl methyl sites for hydroxylation is 1. The van der Waals surface area contributed by atoms with Crippen molar-refractivity contribution >= 4 is 17.5 Å². The number of carbonyl (C=O) groups excluding carboxylic acids is 2. The molecular formula is C28H25FN4O3. The van der Waals surface area contributed by atoms with E-state index in [-0.39, 0.29) is 17.3 Å². The molecule has 3 aromatic carbocycles. The maximum absolute atomic E-state index is 14.4. The smallest absolute Gasteiger partial charge is 0.278 e. The number of nitrogens with zero attached hydrogens (tertiary/aromatic N) is 3. The molecule has 1 heterocycles. The molecule has 0 aliphatic carbocycles. The molecule has 4 aromatic rings. The van der Waals surface area contributed by atoms with Crippen LogP contribution in [0.3, 0.4) is 0 Å². The van der Waals surface area contributed by atoms with Crippen molar-refractivity contribution in [2.75, 3.05) is 12.4 Å². The molecule has 0 bridgehead atoms. The van der Waals surface area contributed by atoms with E-state index < -0.39 is 23.2 Å². The number of aromatic nitrogens is 2. The molecule has 36 heavy (non-hydrogen) atoms. The summed E-state index contributed by atoms with van der Waals surface area (Å²) in [5.74, 6) is -1.37. The van der Waals surface area contributed by atoms with E-state index in [0.29, 0.717) is 16.9 Å². The lowest BCUT2D eigenvalue weighted by atomic mass is 10.1. The van der Waals surface area contributed by atoms with Gasteiger partial charge in [0.1, 0.15) is 11.5 Å². The fraction of sp³-hybridized carbons (Fsp3) is 0.143. The number of carbonyl (C=O) groups is 2. The second-order valence-corrected chi connectivity index (χ2v) is 8.40. The summed E-state index contributed by atoms with van der Waals surface area (Å²) in [4.78, 5) is 39.9. The second kappa shape index (κ2) is 10.4. The van der Waals surface area contributed by atoms with Gasteiger partial charge < -0.3 is 10.2 Å². The number of nitrogens with one attached hydrogen (secondary N) is 1. The molecule has 1 atom stereocenters. The summed E-state index contributed by atoms with van der Waals surface area (Å²) in [6.45, 7) is 3.43. The molecule has 182 valence electrons. The van der Waals surface area contributed by atoms with Crippen LogP contribution >= 0.6 is 0 Å². The molecule has 0 saturated carbocycles. The lowest BCUT2D eigenvalue weighted by Crippen LogP contribution is -2.35. The first kappa shape index (κ1) is 24.5. The van der Waals surface area contributed by atoms with Gasteiger partial charge in [-0.3, -0.25) is 14.4 Å². The van der Waals surface area contributed by atoms with Gasteiger partial charge in [0, 0.05) is 30.1 Å². The first-order valence-corrected chi connectivity index (χ1v) is 11.4. The van der Waals surface area contributed by atoms with Crippen molar-refractivity contribution in [3.63, 3.8) is 0 Å². The van der Waals surface area contributed by atoms with Gasteiger partial charge in [0.25, 0.3) is 11.8 Å². The number of amides is 2. The van der Waals surface area contributed by atoms with Crippen LogP contribution in [0.15, 0.2) is 89.7 Å². The summed E-state index contributed by atoms with van der Waals surface area (Å²) < 4.78 is 15.6. The normalized spacial score (nSPS) is 11.6. The molecule has 0 spiro atoms. The number of halogens is 1. The first-order chi connectivity index (χ1) is 17.3. The SMILES string of the molecule is Cc1cc(=O)c(C(=O)N(C)[C@H](C)c2cccc(NC(=O)c3ccccc3)c2)nn1-c1ccccc1F. The van der Waals surface area contributed by atoms with Crippen LogP contribution in [0.5, 0.6) is 0 Å². The van der Waals surface area contributed by atoms with Crippen LogP contribution in [-0.4, -0.2) is 33.5 Å². The van der Waals surface area contributed by atoms with Crippen LogP contribution < -0.4 is 10.7 Å². The maximum atomic E-state index is 14.4. The highest BCUT2D eigenvalue weighted by Crippen LogP contribution is 2.23. The Morgan fingerprint density at radius 1 is 0.972 bits per heavy atom. The van der Waals surface area contributed by atoms with Gasteiger partial charge in [-0.2, -0.15) is 5.10 Å². The molecular weight excluding hydrogens is 459 g/mol. The molecule has 2 amide bonds. The molecule has 7 nitrogen and oxygen atoms in total. The Bertz CT molecular complexity index is 1480. The third-order valence-electron chi connectivity index (χ3n) is 5.95. The van der Waals surface area contributed by atoms with E-state index in [1.165, 1.54) is 27.8 Å². The van der Waals surface area contributed by atoms with Crippen molar-refractivity contribution in [2.24, 2.45) is 0 Å². The monoisotopic (exact) mass is 484 g/mol. The van der Waals surface area contributed by atoms with Crippen molar-refractivity contribution in [1.82, 2.24) is 14.7 Å². The zero-order valence-corrected chi connectivity index (χ0v) is 20.1. The van der Waals surface area contributed by atoms with E-state index in [1.54, 1.807) is 75.5 Å². The second-order valence-electron chi connectivity index (χ2n) is 8.40. The number of para-hydroxylation sites is 1. The predicted octanol–water partition coefficient (Wildman–Crippen LogP) is 4.77. The molecule has 0 radical (unpaired) electrons. The van der Waals surface area contributed by atoms with E-state index in [0.717, 1.165) is 5.56 Å². The third-order valence-corrected chi connectivity index (χ3v) is 5.95. The summed E-state index contributed by atoms with van der Waals surface area (Å²) in [5, 5.41) is 7.06. The zero-order chi connectivity index (χ0) is 25.8. The van der Waals surface area contributed by atoms with Gasteiger partial charge in [-0.1, -0.05) is 42.5 Å². The number of hydrogen-bond donors (Lipinski definition) is 1. The van der Waals surface area contributed by atoms with Gasteiger partial charge >= 0.3 is 0 Å². The summed E-state index contributed by atoms with van der Waals surface area (Å²) in [6, 6.07) is 22.8. The Hall–Kier alpha value is -4.59. The fourth-order valence-corrected chi connectivity index (χ4v) is 3.80. The number of anilines is 1. The lowest BCUT2D eigenvalue weighted by molar-refractivity contribution is 0.0733. The Morgan fingerprint density at radius 3 is 2.39 bits per heavy atom. The predicted molar refractivity (Wildman–Crippen MR) is 136 cm³/mol. The number of benzene rings is 3. The molecule has 0 aliphatic rings. The molecule has 1 N–H and O–H groups in total. The van der Waals surface area contributed by atoms with Gasteiger partial charge in [0.05, 0.1) is 6.04 Å². The Morgan fingerprint density at radius 2 is 1.67 bits per heavy atom. The molecule has 1 aromatic heterocycles. The quantitative estimate of drug-likeness (QED) is 0.428. The molecule has 4 rings (SSSR count). The van der Waals surface area contributed by atoms with Crippen LogP contribution in [0.2, 0.25) is 0 Å². The molecule has 0 fully saturated rings. The lowest BCUT2D eigenvalue weighted by Gasteiger charge is -2.25. The summed E-state index contributed by atoms with van der Waals surface area (Å²) >= 11 is 0. The van der Waals surface area contributed by atoms with Gasteiger partial charge in [0.15, 0.2) is 5.69 Å². The van der Waals surface area contributed by atoms with Crippen LogP contribution in [0, 0.1) is 12.7 Å². The average Bonchev–Trinajstić information content (AvgIpc) is 2.89. The third kappa shape index (κ3) is 5.07. The zero-order valence-electron chi connectivity index (χ0n) is 20.1. The molecule has 8 heteroatoms. The van der Waals surface area contributed by atoms with Gasteiger partial charge in [-0.05, 0) is 55.8 Å². The van der Waals surface area contributed by atoms with Crippen molar-refractivity contribution in [3.8, 4) is 5.69 Å². The standard InChI is InChI=1S/C28H25FN4O3/c1-18-16-25(34)26(31-33(18)24-15-8-7-14-23(24)29)28(36)32(3)19(2)21-12-9-13-22(17-21)30-27(35)20-10-5-4-6-11-20/h4-17,19H,1-3H3,(H,30,35)/t19-/m1/s1. The number of rotatable bonds is 6. The van der Waals surface area contributed by atoms with E-state index in [4.69, 9.17) is 0 Å². The Balaban J connectivity index is 1.58. The van der Waals surface area contributed by atoms with E-state index in [2.05, 4.69) is 10.4 Å². The van der Waals surface area contributed by atoms with Gasteiger partial charge in [-0.25, -0.2) is 9.07 Å². The topological polar surface area (TPSA) is 84.3 Å². The van der Waals surface area contributed by atoms with Crippen LogP contribution in [0.4, 0.5) is 10.1 Å². The van der Waals surface area contributed by atoms with Gasteiger partial charge in [0.2, 0.25) is 5.43 Å². The van der Waals surface area contributed by atoms with Crippen molar-refractivity contribution < 1.29 is 14.0 Å². The highest BCUT2D eigenvalue weighted by atomic mass is 19.1. The van der Waals surface area contributed by atoms with Gasteiger partial charge in [-0.15, -0.1) is 0 Å². The Labute approximate surface area is 207 Å². The summed E-state index contributed by atoms with van der Waals surface area (Å²) in [7, 11) is 1.57. The largest absolute Gasteiger partial charge is 0.333 e. The minimum absolute atomic E-state index is 0.140. The van der Waals surface area contributed by atoms with E-state index in [9.17, 15) is 18.8 Å². The highest BCUT2D eigenvalue weighted by molar-refractivity contribution is 6.04. The van der Waals surface area contributed by atoms with Crippen LogP contribution in [0.1, 0.15) is 45.1 Å². The van der Waals surface area contributed by atoms with Crippen molar-refractivity contribution in [1.29, 1.82) is 0 Å². The van der Waals surface area contributed by atoms with E-state index in [1.807, 2.05) is 12.1 Å². The Kier molecular flexibility index (Phi) is 7.05. The minimum atomic E-state index is -0.601. The van der Waals surface area contributed by atoms with Crippen molar-refractivity contribution in [2.45, 2.75) is 19.9 Å². The highest BCUT2D eigenvalue weighted by Gasteiger charge is 2.24. The molecule has 0 saturated heterocycles.